The summed E-state index contributed by atoms with van der Waals surface area (Å²) in [5, 5.41) is 0. The summed E-state index contributed by atoms with van der Waals surface area (Å²) in [6, 6.07) is 20.5. The highest BCUT2D eigenvalue weighted by atomic mass is 15.3. The Labute approximate surface area is 296 Å². The van der Waals surface area contributed by atoms with Gasteiger partial charge in [0.15, 0.2) is 0 Å². The van der Waals surface area contributed by atoms with Crippen molar-refractivity contribution in [1.82, 2.24) is 0 Å². The van der Waals surface area contributed by atoms with E-state index in [2.05, 4.69) is 107 Å². The average Bonchev–Trinajstić information content (AvgIpc) is 3.40. The van der Waals surface area contributed by atoms with Gasteiger partial charge in [-0.1, -0.05) is 122 Å². The lowest BCUT2D eigenvalue weighted by Crippen LogP contribution is -2.67. The molecule has 8 atom stereocenters. The van der Waals surface area contributed by atoms with Crippen LogP contribution < -0.4 is 26.2 Å². The van der Waals surface area contributed by atoms with Gasteiger partial charge >= 0.3 is 0 Å². The number of rotatable bonds is 0. The van der Waals surface area contributed by atoms with Gasteiger partial charge in [0.1, 0.15) is 0 Å². The van der Waals surface area contributed by atoms with Crippen LogP contribution in [0.25, 0.3) is 0 Å². The van der Waals surface area contributed by atoms with Gasteiger partial charge in [0.2, 0.25) is 0 Å². The number of hydrogen-bond donors (Lipinski definition) is 0. The van der Waals surface area contributed by atoms with Crippen molar-refractivity contribution in [2.75, 3.05) is 9.80 Å². The van der Waals surface area contributed by atoms with Gasteiger partial charge in [-0.2, -0.15) is 0 Å². The van der Waals surface area contributed by atoms with Crippen LogP contribution in [-0.2, 0) is 16.2 Å². The molecule has 2 nitrogen and oxygen atoms in total. The van der Waals surface area contributed by atoms with Crippen LogP contribution in [0.2, 0.25) is 0 Å². The van der Waals surface area contributed by atoms with E-state index in [4.69, 9.17) is 0 Å². The minimum atomic E-state index is 0.0743. The Morgan fingerprint density at radius 1 is 0.592 bits per heavy atom. The summed E-state index contributed by atoms with van der Waals surface area (Å²) in [6.07, 6.45) is 16.8. The van der Waals surface area contributed by atoms with Crippen LogP contribution in [0.3, 0.4) is 0 Å². The highest BCUT2D eigenvalue weighted by Gasteiger charge is 2.67. The van der Waals surface area contributed by atoms with Crippen LogP contribution >= 0.6 is 0 Å². The molecule has 4 saturated carbocycles. The summed E-state index contributed by atoms with van der Waals surface area (Å²) in [6.45, 7) is 18.4. The summed E-state index contributed by atoms with van der Waals surface area (Å²) in [5.41, 5.74) is 16.5. The lowest BCUT2D eigenvalue weighted by molar-refractivity contribution is 0.0577. The number of anilines is 4. The lowest BCUT2D eigenvalue weighted by Gasteiger charge is -2.58. The molecule has 0 amide bonds. The van der Waals surface area contributed by atoms with Gasteiger partial charge in [-0.15, -0.1) is 0 Å². The van der Waals surface area contributed by atoms with Crippen molar-refractivity contribution in [2.45, 2.75) is 153 Å². The molecule has 4 aliphatic carbocycles. The van der Waals surface area contributed by atoms with Crippen molar-refractivity contribution in [2.24, 2.45) is 23.7 Å². The number of para-hydroxylation sites is 1. The van der Waals surface area contributed by atoms with Gasteiger partial charge in [0.25, 0.3) is 6.71 Å². The molecule has 0 saturated heterocycles. The molecule has 4 heterocycles. The summed E-state index contributed by atoms with van der Waals surface area (Å²) >= 11 is 0. The Bertz CT molecular complexity index is 1940. The quantitative estimate of drug-likeness (QED) is 0.224. The molecule has 0 N–H and O–H groups in total. The molecule has 11 rings (SSSR count). The van der Waals surface area contributed by atoms with Crippen molar-refractivity contribution in [3.8, 4) is 0 Å². The molecule has 8 aliphatic rings. The first-order valence-electron chi connectivity index (χ1n) is 20.4. The van der Waals surface area contributed by atoms with Gasteiger partial charge in [0.05, 0.1) is 11.1 Å². The van der Waals surface area contributed by atoms with Crippen LogP contribution in [0.1, 0.15) is 142 Å². The Morgan fingerprint density at radius 3 is 1.63 bits per heavy atom. The van der Waals surface area contributed by atoms with Gasteiger partial charge < -0.3 is 9.80 Å². The third kappa shape index (κ3) is 3.35. The number of fused-ring (bicyclic) bond motifs is 12. The van der Waals surface area contributed by atoms with E-state index in [0.717, 1.165) is 23.7 Å². The van der Waals surface area contributed by atoms with E-state index in [1.807, 2.05) is 0 Å². The Balaban J connectivity index is 1.21. The van der Waals surface area contributed by atoms with E-state index in [1.165, 1.54) is 94.0 Å². The van der Waals surface area contributed by atoms with Crippen LogP contribution in [0, 0.1) is 23.7 Å². The topological polar surface area (TPSA) is 6.48 Å². The first-order chi connectivity index (χ1) is 23.4. The molecule has 3 aromatic carbocycles. The lowest BCUT2D eigenvalue weighted by atomic mass is 9.33. The molecule has 4 aliphatic heterocycles. The maximum Gasteiger partial charge on any atom is 0.252 e. The maximum atomic E-state index is 2.98. The summed E-state index contributed by atoms with van der Waals surface area (Å²) in [5.74, 6) is 3.48. The molecule has 3 heteroatoms. The summed E-state index contributed by atoms with van der Waals surface area (Å²) in [7, 11) is 0. The van der Waals surface area contributed by atoms with Crippen molar-refractivity contribution in [3.05, 3.63) is 65.2 Å². The fourth-order valence-electron chi connectivity index (χ4n) is 14.5. The molecule has 254 valence electrons. The van der Waals surface area contributed by atoms with Crippen molar-refractivity contribution in [1.29, 1.82) is 0 Å². The standard InChI is InChI=1S/C46H57BN2/c1-42(2,3)32-22-34-41-36(23-32)47-35-19-12-18-33-40(35)48(45(6)26-30-16-10-8-14-28(30)24-43(33,45)4)37-20-13-21-38(39(37)47)49(41)46(7)27-31-17-11-9-15-29(31)25-44(34,46)5/h12-13,18-23,28-31H,8-11,14-17,24-27H2,1-7H3. The normalized spacial score (nSPS) is 39.0. The van der Waals surface area contributed by atoms with Crippen LogP contribution in [0.15, 0.2) is 48.5 Å². The van der Waals surface area contributed by atoms with Crippen molar-refractivity contribution in [3.63, 3.8) is 0 Å². The summed E-state index contributed by atoms with van der Waals surface area (Å²) < 4.78 is 0. The molecular weight excluding hydrogens is 591 g/mol. The Morgan fingerprint density at radius 2 is 1.08 bits per heavy atom. The molecule has 4 fully saturated rings. The molecule has 0 radical (unpaired) electrons. The van der Waals surface area contributed by atoms with Gasteiger partial charge in [-0.25, -0.2) is 0 Å². The van der Waals surface area contributed by atoms with Crippen molar-refractivity contribution >= 4 is 45.9 Å². The van der Waals surface area contributed by atoms with E-state index in [9.17, 15) is 0 Å². The van der Waals surface area contributed by atoms with E-state index < -0.39 is 0 Å². The zero-order valence-electron chi connectivity index (χ0n) is 31.4. The molecule has 3 aromatic rings. The average molecular weight is 649 g/mol. The molecule has 0 spiro atoms. The van der Waals surface area contributed by atoms with E-state index >= 15 is 0 Å². The molecule has 0 bridgehead atoms. The van der Waals surface area contributed by atoms with Crippen LogP contribution in [-0.4, -0.2) is 17.8 Å². The first-order valence-corrected chi connectivity index (χ1v) is 20.4. The molecular formula is C46H57BN2. The number of nitrogens with zero attached hydrogens (tertiary/aromatic N) is 2. The predicted molar refractivity (Wildman–Crippen MR) is 208 cm³/mol. The highest BCUT2D eigenvalue weighted by Crippen LogP contribution is 2.68. The smallest absolute Gasteiger partial charge is 0.252 e. The predicted octanol–water partition coefficient (Wildman–Crippen LogP) is 9.66. The van der Waals surface area contributed by atoms with Crippen LogP contribution in [0.4, 0.5) is 22.7 Å². The van der Waals surface area contributed by atoms with Gasteiger partial charge in [0, 0.05) is 33.6 Å². The monoisotopic (exact) mass is 648 g/mol. The number of benzene rings is 3. The van der Waals surface area contributed by atoms with E-state index in [-0.39, 0.29) is 34.0 Å². The fourth-order valence-corrected chi connectivity index (χ4v) is 14.5. The number of hydrogen-bond acceptors (Lipinski definition) is 2. The minimum absolute atomic E-state index is 0.0743. The zero-order valence-corrected chi connectivity index (χ0v) is 31.4. The zero-order chi connectivity index (χ0) is 33.5. The largest absolute Gasteiger partial charge is 0.335 e. The maximum absolute atomic E-state index is 2.98. The molecule has 0 aromatic heterocycles. The van der Waals surface area contributed by atoms with E-state index in [1.54, 1.807) is 38.9 Å². The van der Waals surface area contributed by atoms with E-state index in [0.29, 0.717) is 0 Å². The highest BCUT2D eigenvalue weighted by molar-refractivity contribution is 7.00. The Kier molecular flexibility index (Phi) is 5.64. The van der Waals surface area contributed by atoms with Gasteiger partial charge in [-0.3, -0.25) is 0 Å². The second kappa shape index (κ2) is 9.21. The second-order valence-corrected chi connectivity index (χ2v) is 20.4. The molecule has 8 unspecified atom stereocenters. The van der Waals surface area contributed by atoms with Crippen LogP contribution in [0.5, 0.6) is 0 Å². The third-order valence-electron chi connectivity index (χ3n) is 17.3. The minimum Gasteiger partial charge on any atom is -0.335 e. The second-order valence-electron chi connectivity index (χ2n) is 20.4. The third-order valence-corrected chi connectivity index (χ3v) is 17.3. The Hall–Kier alpha value is -2.68. The van der Waals surface area contributed by atoms with Gasteiger partial charge in [-0.05, 0) is 114 Å². The first kappa shape index (κ1) is 30.0. The SMILES string of the molecule is CC(C)(C)c1cc2c3c(c1)C1(C)CC4CCCCC4CC1(C)N3c1cccc3c1B2c1cccc2c1N3C1(C)CC3CCCCC3CC21C. The molecule has 49 heavy (non-hydrogen) atoms. The van der Waals surface area contributed by atoms with Crippen molar-refractivity contribution < 1.29 is 0 Å². The summed E-state index contributed by atoms with van der Waals surface area (Å²) in [4.78, 5) is 5.95. The fraction of sp³-hybridized carbons (Fsp3) is 0.609.